The molecule has 0 saturated carbocycles. The fourth-order valence-electron chi connectivity index (χ4n) is 1.45. The third-order valence-corrected chi connectivity index (χ3v) is 2.42. The minimum Gasteiger partial charge on any atom is -0.454 e. The van der Waals surface area contributed by atoms with Gasteiger partial charge in [0.1, 0.15) is 11.6 Å². The van der Waals surface area contributed by atoms with E-state index in [1.165, 1.54) is 0 Å². The highest BCUT2D eigenvalue weighted by Gasteiger charge is 2.22. The van der Waals surface area contributed by atoms with Gasteiger partial charge in [-0.1, -0.05) is 0 Å². The third-order valence-electron chi connectivity index (χ3n) is 2.42. The molecule has 0 aliphatic carbocycles. The maximum Gasteiger partial charge on any atom is 0.308 e. The summed E-state index contributed by atoms with van der Waals surface area (Å²) in [5, 5.41) is 10.4. The van der Waals surface area contributed by atoms with Gasteiger partial charge in [-0.05, 0) is 18.2 Å². The molecule has 0 aliphatic rings. The van der Waals surface area contributed by atoms with Gasteiger partial charge in [-0.15, -0.1) is 0 Å². The monoisotopic (exact) mass is 284 g/mol. The molecule has 0 spiro atoms. The summed E-state index contributed by atoms with van der Waals surface area (Å²) in [4.78, 5) is 9.37. The van der Waals surface area contributed by atoms with Gasteiger partial charge in [0.25, 0.3) is 0 Å². The van der Waals surface area contributed by atoms with Crippen LogP contribution in [0.4, 0.5) is 24.5 Å². The predicted molar refractivity (Wildman–Crippen MR) is 63.9 cm³/mol. The first-order valence-corrected chi connectivity index (χ1v) is 5.25. The van der Waals surface area contributed by atoms with Crippen molar-refractivity contribution in [3.05, 3.63) is 57.9 Å². The van der Waals surface area contributed by atoms with Gasteiger partial charge in [-0.25, -0.2) is 4.39 Å². The van der Waals surface area contributed by atoms with Gasteiger partial charge in [-0.2, -0.15) is 8.78 Å². The lowest BCUT2D eigenvalue weighted by Gasteiger charge is -2.08. The number of nitro benzene ring substituents is 1. The van der Waals surface area contributed by atoms with Crippen LogP contribution in [0.2, 0.25) is 0 Å². The standard InChI is InChI=1S/C12H7F3N2O3/c13-7-2-1-6(5-8(7)16)20-10-4-3-9(17(18)19)11(14)12(10)15/h1-5H,16H2. The zero-order valence-corrected chi connectivity index (χ0v) is 9.77. The second-order valence-corrected chi connectivity index (χ2v) is 3.75. The fraction of sp³-hybridized carbons (Fsp3) is 0. The van der Waals surface area contributed by atoms with Crippen LogP contribution in [-0.4, -0.2) is 4.92 Å². The maximum atomic E-state index is 13.6. The molecular weight excluding hydrogens is 277 g/mol. The number of nitro groups is 1. The Morgan fingerprint density at radius 2 is 1.80 bits per heavy atom. The molecule has 0 bridgehead atoms. The molecule has 0 saturated heterocycles. The van der Waals surface area contributed by atoms with Gasteiger partial charge in [0.05, 0.1) is 10.6 Å². The van der Waals surface area contributed by atoms with Crippen molar-refractivity contribution in [2.45, 2.75) is 0 Å². The van der Waals surface area contributed by atoms with E-state index in [9.17, 15) is 23.3 Å². The highest BCUT2D eigenvalue weighted by Crippen LogP contribution is 2.31. The summed E-state index contributed by atoms with van der Waals surface area (Å²) in [5.74, 6) is -4.44. The van der Waals surface area contributed by atoms with Gasteiger partial charge in [0.15, 0.2) is 5.75 Å². The van der Waals surface area contributed by atoms with Crippen molar-refractivity contribution < 1.29 is 22.8 Å². The number of nitrogen functional groups attached to an aromatic ring is 1. The maximum absolute atomic E-state index is 13.6. The summed E-state index contributed by atoms with van der Waals surface area (Å²) < 4.78 is 44.9. The Bertz CT molecular complexity index is 692. The second kappa shape index (κ2) is 5.08. The number of rotatable bonds is 3. The van der Waals surface area contributed by atoms with Crippen LogP contribution in [0.5, 0.6) is 11.5 Å². The smallest absolute Gasteiger partial charge is 0.308 e. The lowest BCUT2D eigenvalue weighted by molar-refractivity contribution is -0.387. The van der Waals surface area contributed by atoms with Crippen LogP contribution in [0.1, 0.15) is 0 Å². The van der Waals surface area contributed by atoms with Crippen LogP contribution in [0.15, 0.2) is 30.3 Å². The molecule has 0 atom stereocenters. The van der Waals surface area contributed by atoms with Crippen molar-refractivity contribution in [2.24, 2.45) is 0 Å². The SMILES string of the molecule is Nc1cc(Oc2ccc([N+](=O)[O-])c(F)c2F)ccc1F. The fourth-order valence-corrected chi connectivity index (χ4v) is 1.45. The molecule has 0 aromatic heterocycles. The Morgan fingerprint density at radius 1 is 1.10 bits per heavy atom. The molecule has 2 aromatic carbocycles. The number of anilines is 1. The topological polar surface area (TPSA) is 78.4 Å². The second-order valence-electron chi connectivity index (χ2n) is 3.75. The van der Waals surface area contributed by atoms with Crippen LogP contribution < -0.4 is 10.5 Å². The van der Waals surface area contributed by atoms with Crippen molar-refractivity contribution in [3.8, 4) is 11.5 Å². The van der Waals surface area contributed by atoms with Gasteiger partial charge < -0.3 is 10.5 Å². The number of hydrogen-bond acceptors (Lipinski definition) is 4. The number of nitrogens with two attached hydrogens (primary N) is 1. The van der Waals surface area contributed by atoms with E-state index in [0.717, 1.165) is 30.3 Å². The van der Waals surface area contributed by atoms with Crippen LogP contribution in [-0.2, 0) is 0 Å². The Morgan fingerprint density at radius 3 is 2.40 bits per heavy atom. The molecule has 2 N–H and O–H groups in total. The van der Waals surface area contributed by atoms with Gasteiger partial charge in [0, 0.05) is 12.1 Å². The van der Waals surface area contributed by atoms with Gasteiger partial charge >= 0.3 is 5.69 Å². The van der Waals surface area contributed by atoms with Crippen molar-refractivity contribution in [2.75, 3.05) is 5.73 Å². The van der Waals surface area contributed by atoms with E-state index in [2.05, 4.69) is 0 Å². The van der Waals surface area contributed by atoms with Crippen LogP contribution in [0.3, 0.4) is 0 Å². The van der Waals surface area contributed by atoms with E-state index < -0.39 is 33.8 Å². The predicted octanol–water partition coefficient (Wildman–Crippen LogP) is 3.39. The highest BCUT2D eigenvalue weighted by atomic mass is 19.2. The molecule has 104 valence electrons. The first-order chi connectivity index (χ1) is 9.40. The zero-order chi connectivity index (χ0) is 14.9. The molecule has 20 heavy (non-hydrogen) atoms. The molecule has 0 unspecified atom stereocenters. The number of halogens is 3. The Hall–Kier alpha value is -2.77. The van der Waals surface area contributed by atoms with Crippen molar-refractivity contribution >= 4 is 11.4 Å². The average molecular weight is 284 g/mol. The first kappa shape index (κ1) is 13.7. The van der Waals surface area contributed by atoms with Crippen LogP contribution in [0.25, 0.3) is 0 Å². The molecule has 0 heterocycles. The van der Waals surface area contributed by atoms with E-state index >= 15 is 0 Å². The molecule has 0 aliphatic heterocycles. The van der Waals surface area contributed by atoms with E-state index in [0.29, 0.717) is 0 Å². The molecule has 0 radical (unpaired) electrons. The Kier molecular flexibility index (Phi) is 3.47. The Balaban J connectivity index is 2.37. The normalized spacial score (nSPS) is 10.3. The largest absolute Gasteiger partial charge is 0.454 e. The van der Waals surface area contributed by atoms with Crippen LogP contribution in [0, 0.1) is 27.6 Å². The van der Waals surface area contributed by atoms with E-state index in [1.807, 2.05) is 0 Å². The number of hydrogen-bond donors (Lipinski definition) is 1. The Labute approximate surface area is 110 Å². The minimum absolute atomic E-state index is 0.0314. The summed E-state index contributed by atoms with van der Waals surface area (Å²) in [6.07, 6.45) is 0. The summed E-state index contributed by atoms with van der Waals surface area (Å²) in [5.41, 5.74) is 4.06. The van der Waals surface area contributed by atoms with E-state index in [1.54, 1.807) is 0 Å². The van der Waals surface area contributed by atoms with Gasteiger partial charge in [0.2, 0.25) is 11.6 Å². The number of ether oxygens (including phenoxy) is 1. The van der Waals surface area contributed by atoms with E-state index in [-0.39, 0.29) is 11.4 Å². The summed E-state index contributed by atoms with van der Waals surface area (Å²) in [6.45, 7) is 0. The molecule has 2 rings (SSSR count). The van der Waals surface area contributed by atoms with Gasteiger partial charge in [-0.3, -0.25) is 10.1 Å². The van der Waals surface area contributed by atoms with Crippen LogP contribution >= 0.6 is 0 Å². The zero-order valence-electron chi connectivity index (χ0n) is 9.77. The van der Waals surface area contributed by atoms with E-state index in [4.69, 9.17) is 10.5 Å². The van der Waals surface area contributed by atoms with Crippen molar-refractivity contribution in [1.29, 1.82) is 0 Å². The highest BCUT2D eigenvalue weighted by molar-refractivity contribution is 5.47. The third kappa shape index (κ3) is 2.48. The molecule has 2 aromatic rings. The molecule has 0 amide bonds. The van der Waals surface area contributed by atoms with Crippen molar-refractivity contribution in [1.82, 2.24) is 0 Å². The minimum atomic E-state index is -1.64. The van der Waals surface area contributed by atoms with Crippen molar-refractivity contribution in [3.63, 3.8) is 0 Å². The lowest BCUT2D eigenvalue weighted by Crippen LogP contribution is -1.98. The lowest BCUT2D eigenvalue weighted by atomic mass is 10.2. The molecular formula is C12H7F3N2O3. The quantitative estimate of drug-likeness (QED) is 0.532. The molecule has 8 heteroatoms. The summed E-state index contributed by atoms with van der Waals surface area (Å²) in [6, 6.07) is 4.89. The number of benzene rings is 2. The average Bonchev–Trinajstić information content (AvgIpc) is 2.39. The molecule has 5 nitrogen and oxygen atoms in total. The first-order valence-electron chi connectivity index (χ1n) is 5.25. The summed E-state index contributed by atoms with van der Waals surface area (Å²) in [7, 11) is 0. The summed E-state index contributed by atoms with van der Waals surface area (Å²) >= 11 is 0. The molecule has 0 fully saturated rings. The number of nitrogens with zero attached hydrogens (tertiary/aromatic N) is 1.